The molecule has 24 heavy (non-hydrogen) atoms. The maximum atomic E-state index is 12.4. The molecule has 2 aromatic heterocycles. The van der Waals surface area contributed by atoms with Gasteiger partial charge in [0.2, 0.25) is 0 Å². The van der Waals surface area contributed by atoms with Crippen molar-refractivity contribution in [3.63, 3.8) is 0 Å². The Morgan fingerprint density at radius 2 is 1.29 bits per heavy atom. The lowest BCUT2D eigenvalue weighted by atomic mass is 10.1. The molecule has 0 saturated carbocycles. The maximum Gasteiger partial charge on any atom is 0.261 e. The van der Waals surface area contributed by atoms with E-state index >= 15 is 0 Å². The molecule has 3 heterocycles. The van der Waals surface area contributed by atoms with E-state index in [0.717, 1.165) is 5.69 Å². The molecule has 5 heteroatoms. The summed E-state index contributed by atoms with van der Waals surface area (Å²) >= 11 is 0. The van der Waals surface area contributed by atoms with E-state index in [1.807, 2.05) is 47.3 Å². The molecular formula is C19H15N3O2. The summed E-state index contributed by atoms with van der Waals surface area (Å²) in [6.07, 6.45) is 3.94. The number of carbonyl (C=O) groups is 2. The number of hydrogen-bond acceptors (Lipinski definition) is 3. The van der Waals surface area contributed by atoms with Crippen molar-refractivity contribution in [3.05, 3.63) is 89.5 Å². The number of pyridine rings is 1. The number of rotatable bonds is 4. The maximum absolute atomic E-state index is 12.4. The number of benzene rings is 1. The van der Waals surface area contributed by atoms with Crippen molar-refractivity contribution in [1.82, 2.24) is 14.5 Å². The molecule has 0 spiro atoms. The summed E-state index contributed by atoms with van der Waals surface area (Å²) in [6, 6.07) is 16.5. The molecule has 0 bridgehead atoms. The number of fused-ring (bicyclic) bond motifs is 1. The van der Waals surface area contributed by atoms with Gasteiger partial charge in [0, 0.05) is 12.4 Å². The number of aromatic nitrogens is 2. The summed E-state index contributed by atoms with van der Waals surface area (Å²) < 4.78 is 2.02. The fraction of sp³-hybridized carbons (Fsp3) is 0.105. The van der Waals surface area contributed by atoms with E-state index in [4.69, 9.17) is 0 Å². The largest absolute Gasteiger partial charge is 0.348 e. The van der Waals surface area contributed by atoms with E-state index < -0.39 is 0 Å². The number of imide groups is 1. The normalized spacial score (nSPS) is 13.4. The van der Waals surface area contributed by atoms with Gasteiger partial charge >= 0.3 is 0 Å². The smallest absolute Gasteiger partial charge is 0.261 e. The monoisotopic (exact) mass is 317 g/mol. The van der Waals surface area contributed by atoms with Crippen molar-refractivity contribution >= 4 is 11.8 Å². The summed E-state index contributed by atoms with van der Waals surface area (Å²) in [5, 5.41) is 0. The third-order valence-corrected chi connectivity index (χ3v) is 4.07. The third-order valence-electron chi connectivity index (χ3n) is 4.07. The molecule has 4 rings (SSSR count). The first-order chi connectivity index (χ1) is 11.7. The van der Waals surface area contributed by atoms with Crippen LogP contribution >= 0.6 is 0 Å². The molecule has 0 N–H and O–H groups in total. The Morgan fingerprint density at radius 1 is 0.708 bits per heavy atom. The van der Waals surface area contributed by atoms with Crippen LogP contribution < -0.4 is 0 Å². The first kappa shape index (κ1) is 14.4. The zero-order valence-corrected chi connectivity index (χ0v) is 12.9. The van der Waals surface area contributed by atoms with Crippen molar-refractivity contribution in [2.24, 2.45) is 0 Å². The second-order valence-electron chi connectivity index (χ2n) is 5.72. The molecule has 0 radical (unpaired) electrons. The van der Waals surface area contributed by atoms with Gasteiger partial charge in [-0.3, -0.25) is 19.5 Å². The minimum Gasteiger partial charge on any atom is -0.348 e. The van der Waals surface area contributed by atoms with E-state index in [2.05, 4.69) is 4.98 Å². The van der Waals surface area contributed by atoms with Crippen LogP contribution in [0.2, 0.25) is 0 Å². The van der Waals surface area contributed by atoms with Gasteiger partial charge in [0.25, 0.3) is 11.8 Å². The molecule has 0 fully saturated rings. The van der Waals surface area contributed by atoms with Gasteiger partial charge in [-0.25, -0.2) is 0 Å². The first-order valence-electron chi connectivity index (χ1n) is 7.73. The highest BCUT2D eigenvalue weighted by Gasteiger charge is 2.35. The van der Waals surface area contributed by atoms with Crippen LogP contribution in [0.25, 0.3) is 0 Å². The van der Waals surface area contributed by atoms with Crippen LogP contribution in [0.3, 0.4) is 0 Å². The summed E-state index contributed by atoms with van der Waals surface area (Å²) in [4.78, 5) is 30.7. The standard InChI is InChI=1S/C19H15N3O2/c23-18-16-8-1-2-9-17(16)19(24)22(18)13-15-7-5-6-14(20-15)12-21-10-3-4-11-21/h1-11H,12-13H2. The fourth-order valence-electron chi connectivity index (χ4n) is 2.91. The highest BCUT2D eigenvalue weighted by Crippen LogP contribution is 2.23. The van der Waals surface area contributed by atoms with Gasteiger partial charge in [0.05, 0.1) is 35.6 Å². The highest BCUT2D eigenvalue weighted by molar-refractivity contribution is 6.21. The van der Waals surface area contributed by atoms with Crippen LogP contribution in [0.4, 0.5) is 0 Å². The van der Waals surface area contributed by atoms with Gasteiger partial charge in [-0.2, -0.15) is 0 Å². The van der Waals surface area contributed by atoms with Gasteiger partial charge < -0.3 is 4.57 Å². The summed E-state index contributed by atoms with van der Waals surface area (Å²) in [5.74, 6) is -0.513. The molecule has 118 valence electrons. The third kappa shape index (κ3) is 2.50. The van der Waals surface area contributed by atoms with Gasteiger partial charge in [0.15, 0.2) is 0 Å². The Hall–Kier alpha value is -3.21. The minimum atomic E-state index is -0.256. The van der Waals surface area contributed by atoms with Crippen LogP contribution in [-0.4, -0.2) is 26.3 Å². The molecule has 1 aliphatic rings. The Kier molecular flexibility index (Phi) is 3.46. The predicted molar refractivity (Wildman–Crippen MR) is 88.4 cm³/mol. The fourth-order valence-corrected chi connectivity index (χ4v) is 2.91. The number of amides is 2. The van der Waals surface area contributed by atoms with Crippen LogP contribution in [0, 0.1) is 0 Å². The van der Waals surface area contributed by atoms with E-state index in [9.17, 15) is 9.59 Å². The molecule has 5 nitrogen and oxygen atoms in total. The van der Waals surface area contributed by atoms with Gasteiger partial charge in [-0.05, 0) is 36.4 Å². The molecule has 0 aliphatic carbocycles. The van der Waals surface area contributed by atoms with E-state index in [1.54, 1.807) is 24.3 Å². The van der Waals surface area contributed by atoms with Crippen molar-refractivity contribution in [1.29, 1.82) is 0 Å². The number of carbonyl (C=O) groups excluding carboxylic acids is 2. The lowest BCUT2D eigenvalue weighted by molar-refractivity contribution is 0.0640. The molecule has 3 aromatic rings. The minimum absolute atomic E-state index is 0.186. The second kappa shape index (κ2) is 5.77. The van der Waals surface area contributed by atoms with Crippen LogP contribution in [0.1, 0.15) is 32.1 Å². The lowest BCUT2D eigenvalue weighted by Gasteiger charge is -2.14. The lowest BCUT2D eigenvalue weighted by Crippen LogP contribution is -2.29. The zero-order chi connectivity index (χ0) is 16.5. The number of nitrogens with zero attached hydrogens (tertiary/aromatic N) is 3. The van der Waals surface area contributed by atoms with Crippen molar-refractivity contribution < 1.29 is 9.59 Å². The summed E-state index contributed by atoms with van der Waals surface area (Å²) in [6.45, 7) is 0.842. The Morgan fingerprint density at radius 3 is 1.92 bits per heavy atom. The zero-order valence-electron chi connectivity index (χ0n) is 12.9. The second-order valence-corrected chi connectivity index (χ2v) is 5.72. The van der Waals surface area contributed by atoms with Crippen molar-refractivity contribution in [2.45, 2.75) is 13.1 Å². The molecule has 1 aliphatic heterocycles. The summed E-state index contributed by atoms with van der Waals surface area (Å²) in [5.41, 5.74) is 2.52. The first-order valence-corrected chi connectivity index (χ1v) is 7.73. The van der Waals surface area contributed by atoms with E-state index in [1.165, 1.54) is 4.90 Å². The average molecular weight is 317 g/mol. The van der Waals surface area contributed by atoms with E-state index in [0.29, 0.717) is 23.4 Å². The molecule has 0 saturated heterocycles. The topological polar surface area (TPSA) is 55.2 Å². The van der Waals surface area contributed by atoms with Gasteiger partial charge in [-0.1, -0.05) is 18.2 Å². The SMILES string of the molecule is O=C1c2ccccc2C(=O)N1Cc1cccc(Cn2cccc2)n1. The molecule has 0 unspecified atom stereocenters. The quantitative estimate of drug-likeness (QED) is 0.695. The molecule has 2 amide bonds. The van der Waals surface area contributed by atoms with Gasteiger partial charge in [-0.15, -0.1) is 0 Å². The molecular weight excluding hydrogens is 302 g/mol. The van der Waals surface area contributed by atoms with E-state index in [-0.39, 0.29) is 18.4 Å². The molecule has 1 aromatic carbocycles. The number of hydrogen-bond donors (Lipinski definition) is 0. The highest BCUT2D eigenvalue weighted by atomic mass is 16.2. The molecule has 0 atom stereocenters. The predicted octanol–water partition coefficient (Wildman–Crippen LogP) is 2.73. The summed E-state index contributed by atoms with van der Waals surface area (Å²) in [7, 11) is 0. The van der Waals surface area contributed by atoms with Crippen LogP contribution in [-0.2, 0) is 13.1 Å². The van der Waals surface area contributed by atoms with Crippen molar-refractivity contribution in [3.8, 4) is 0 Å². The average Bonchev–Trinajstić information content (AvgIpc) is 3.19. The Labute approximate surface area is 139 Å². The Balaban J connectivity index is 1.56. The van der Waals surface area contributed by atoms with Crippen LogP contribution in [0.5, 0.6) is 0 Å². The Bertz CT molecular complexity index is 881. The van der Waals surface area contributed by atoms with Crippen LogP contribution in [0.15, 0.2) is 67.0 Å². The van der Waals surface area contributed by atoms with Gasteiger partial charge in [0.1, 0.15) is 0 Å². The van der Waals surface area contributed by atoms with Crippen molar-refractivity contribution in [2.75, 3.05) is 0 Å².